The van der Waals surface area contributed by atoms with E-state index in [2.05, 4.69) is 5.32 Å². The number of nitrogens with one attached hydrogen (secondary N) is 1. The second kappa shape index (κ2) is 4.89. The van der Waals surface area contributed by atoms with Crippen molar-refractivity contribution in [1.29, 1.82) is 0 Å². The average Bonchev–Trinajstić information content (AvgIpc) is 2.65. The summed E-state index contributed by atoms with van der Waals surface area (Å²) in [7, 11) is 0. The highest BCUT2D eigenvalue weighted by atomic mass is 19.3. The van der Waals surface area contributed by atoms with Crippen molar-refractivity contribution in [1.82, 2.24) is 10.2 Å². The highest BCUT2D eigenvalue weighted by molar-refractivity contribution is 5.69. The molecule has 0 spiro atoms. The first-order chi connectivity index (χ1) is 8.68. The third kappa shape index (κ3) is 3.55. The number of hydrogen-bond donors (Lipinski definition) is 1. The second-order valence-corrected chi connectivity index (χ2v) is 6.45. The van der Waals surface area contributed by atoms with Gasteiger partial charge in [-0.1, -0.05) is 0 Å². The molecule has 2 fully saturated rings. The van der Waals surface area contributed by atoms with Gasteiger partial charge in [0.1, 0.15) is 5.60 Å². The van der Waals surface area contributed by atoms with E-state index in [-0.39, 0.29) is 18.9 Å². The molecular weight excluding hydrogens is 254 g/mol. The molecule has 1 N–H and O–H groups in total. The van der Waals surface area contributed by atoms with E-state index in [0.717, 1.165) is 13.0 Å². The summed E-state index contributed by atoms with van der Waals surface area (Å²) in [6.45, 7) is 6.82. The van der Waals surface area contributed by atoms with E-state index < -0.39 is 23.7 Å². The fraction of sp³-hybridized carbons (Fsp3) is 0.923. The molecule has 6 heteroatoms. The minimum absolute atomic E-state index is 0.0315. The molecule has 2 rings (SSSR count). The van der Waals surface area contributed by atoms with Gasteiger partial charge in [0.2, 0.25) is 0 Å². The number of halogens is 2. The van der Waals surface area contributed by atoms with Crippen LogP contribution in [0.15, 0.2) is 0 Å². The van der Waals surface area contributed by atoms with Crippen LogP contribution in [0.1, 0.15) is 40.0 Å². The Balaban J connectivity index is 2.04. The molecule has 1 atom stereocenters. The zero-order valence-electron chi connectivity index (χ0n) is 11.7. The summed E-state index contributed by atoms with van der Waals surface area (Å²) in [5.74, 6) is -2.63. The normalized spacial score (nSPS) is 26.9. The summed E-state index contributed by atoms with van der Waals surface area (Å²) in [4.78, 5) is 13.8. The van der Waals surface area contributed by atoms with Crippen LogP contribution in [0.3, 0.4) is 0 Å². The van der Waals surface area contributed by atoms with Crippen molar-refractivity contribution in [3.05, 3.63) is 0 Å². The van der Waals surface area contributed by atoms with Crippen LogP contribution in [0.5, 0.6) is 0 Å². The number of hydrogen-bond acceptors (Lipinski definition) is 3. The first kappa shape index (κ1) is 14.5. The lowest BCUT2D eigenvalue weighted by atomic mass is 9.86. The third-order valence-corrected chi connectivity index (χ3v) is 3.49. The molecule has 1 saturated heterocycles. The number of ether oxygens (including phenoxy) is 1. The van der Waals surface area contributed by atoms with Crippen molar-refractivity contribution in [3.63, 3.8) is 0 Å². The Bertz CT molecular complexity index is 341. The summed E-state index contributed by atoms with van der Waals surface area (Å²) in [6, 6.07) is -0.425. The van der Waals surface area contributed by atoms with Crippen LogP contribution in [0.4, 0.5) is 13.6 Å². The van der Waals surface area contributed by atoms with Crippen LogP contribution >= 0.6 is 0 Å². The Morgan fingerprint density at radius 2 is 1.95 bits per heavy atom. The molecule has 1 amide bonds. The van der Waals surface area contributed by atoms with Gasteiger partial charge in [-0.05, 0) is 33.7 Å². The van der Waals surface area contributed by atoms with Crippen molar-refractivity contribution in [2.24, 2.45) is 0 Å². The monoisotopic (exact) mass is 276 g/mol. The minimum atomic E-state index is -2.63. The maximum atomic E-state index is 13.0. The van der Waals surface area contributed by atoms with Gasteiger partial charge in [0.15, 0.2) is 0 Å². The smallest absolute Gasteiger partial charge is 0.410 e. The number of carbonyl (C=O) groups excluding carboxylic acids is 1. The topological polar surface area (TPSA) is 41.6 Å². The van der Waals surface area contributed by atoms with Crippen molar-refractivity contribution in [2.75, 3.05) is 13.1 Å². The fourth-order valence-corrected chi connectivity index (χ4v) is 2.61. The van der Waals surface area contributed by atoms with Crippen molar-refractivity contribution in [3.8, 4) is 0 Å². The van der Waals surface area contributed by atoms with E-state index in [1.165, 1.54) is 4.90 Å². The number of nitrogens with zero attached hydrogens (tertiary/aromatic N) is 1. The van der Waals surface area contributed by atoms with E-state index >= 15 is 0 Å². The molecule has 1 unspecified atom stereocenters. The van der Waals surface area contributed by atoms with Crippen LogP contribution in [-0.2, 0) is 4.74 Å². The van der Waals surface area contributed by atoms with E-state index in [0.29, 0.717) is 6.54 Å². The molecule has 0 bridgehead atoms. The minimum Gasteiger partial charge on any atom is -0.444 e. The Hall–Kier alpha value is -0.910. The zero-order chi connectivity index (χ0) is 14.3. The van der Waals surface area contributed by atoms with Gasteiger partial charge in [-0.25, -0.2) is 13.6 Å². The van der Waals surface area contributed by atoms with Crippen molar-refractivity contribution >= 4 is 6.09 Å². The van der Waals surface area contributed by atoms with Gasteiger partial charge in [0.25, 0.3) is 5.92 Å². The number of rotatable bonds is 2. The van der Waals surface area contributed by atoms with Gasteiger partial charge in [0.05, 0.1) is 0 Å². The van der Waals surface area contributed by atoms with Gasteiger partial charge >= 0.3 is 6.09 Å². The van der Waals surface area contributed by atoms with Crippen LogP contribution in [-0.4, -0.2) is 47.7 Å². The number of alkyl halides is 2. The fourth-order valence-electron chi connectivity index (χ4n) is 2.61. The maximum absolute atomic E-state index is 13.0. The largest absolute Gasteiger partial charge is 0.444 e. The first-order valence-corrected chi connectivity index (χ1v) is 6.78. The molecule has 1 heterocycles. The Morgan fingerprint density at radius 3 is 2.37 bits per heavy atom. The van der Waals surface area contributed by atoms with Crippen molar-refractivity contribution < 1.29 is 18.3 Å². The van der Waals surface area contributed by atoms with E-state index in [4.69, 9.17) is 4.74 Å². The maximum Gasteiger partial charge on any atom is 0.410 e. The quantitative estimate of drug-likeness (QED) is 0.842. The molecule has 2 aliphatic rings. The molecule has 0 aromatic heterocycles. The Kier molecular flexibility index (Phi) is 3.73. The van der Waals surface area contributed by atoms with Crippen LogP contribution in [0.2, 0.25) is 0 Å². The molecule has 110 valence electrons. The van der Waals surface area contributed by atoms with Gasteiger partial charge in [-0.2, -0.15) is 0 Å². The van der Waals surface area contributed by atoms with E-state index in [9.17, 15) is 13.6 Å². The SMILES string of the molecule is CC(C)(C)OC(=O)N(C1CCNC1)C1CC(F)(F)C1. The Labute approximate surface area is 112 Å². The number of amides is 1. The average molecular weight is 276 g/mol. The summed E-state index contributed by atoms with van der Waals surface area (Å²) in [5, 5.41) is 3.16. The van der Waals surface area contributed by atoms with E-state index in [1.807, 2.05) is 0 Å². The third-order valence-electron chi connectivity index (χ3n) is 3.49. The molecule has 19 heavy (non-hydrogen) atoms. The lowest BCUT2D eigenvalue weighted by Crippen LogP contribution is -2.58. The predicted octanol–water partition coefficient (Wildman–Crippen LogP) is 2.38. The van der Waals surface area contributed by atoms with Gasteiger partial charge in [0, 0.05) is 31.5 Å². The molecule has 0 aromatic rings. The molecule has 0 radical (unpaired) electrons. The summed E-state index contributed by atoms with van der Waals surface area (Å²) < 4.78 is 31.4. The molecule has 1 saturated carbocycles. The first-order valence-electron chi connectivity index (χ1n) is 6.78. The summed E-state index contributed by atoms with van der Waals surface area (Å²) >= 11 is 0. The molecular formula is C13H22F2N2O2. The Morgan fingerprint density at radius 1 is 1.32 bits per heavy atom. The standard InChI is InChI=1S/C13H22F2N2O2/c1-12(2,3)19-11(18)17(9-4-5-16-8-9)10-6-13(14,15)7-10/h9-10,16H,4-8H2,1-3H3. The van der Waals surface area contributed by atoms with Gasteiger partial charge in [-0.3, -0.25) is 0 Å². The molecule has 4 nitrogen and oxygen atoms in total. The molecule has 1 aliphatic heterocycles. The lowest BCUT2D eigenvalue weighted by molar-refractivity contribution is -0.128. The van der Waals surface area contributed by atoms with Gasteiger partial charge in [-0.15, -0.1) is 0 Å². The molecule has 0 aromatic carbocycles. The summed E-state index contributed by atoms with van der Waals surface area (Å²) in [6.07, 6.45) is -0.172. The highest BCUT2D eigenvalue weighted by Gasteiger charge is 2.51. The second-order valence-electron chi connectivity index (χ2n) is 6.45. The van der Waals surface area contributed by atoms with Crippen LogP contribution in [0.25, 0.3) is 0 Å². The van der Waals surface area contributed by atoms with Crippen molar-refractivity contribution in [2.45, 2.75) is 63.6 Å². The van der Waals surface area contributed by atoms with Crippen LogP contribution < -0.4 is 5.32 Å². The van der Waals surface area contributed by atoms with Gasteiger partial charge < -0.3 is 15.0 Å². The predicted molar refractivity (Wildman–Crippen MR) is 67.3 cm³/mol. The zero-order valence-corrected chi connectivity index (χ0v) is 11.7. The summed E-state index contributed by atoms with van der Waals surface area (Å²) in [5.41, 5.74) is -0.604. The molecule has 1 aliphatic carbocycles. The number of carbonyl (C=O) groups is 1. The van der Waals surface area contributed by atoms with E-state index in [1.54, 1.807) is 20.8 Å². The van der Waals surface area contributed by atoms with Crippen LogP contribution in [0, 0.1) is 0 Å². The highest BCUT2D eigenvalue weighted by Crippen LogP contribution is 2.42. The lowest BCUT2D eigenvalue weighted by Gasteiger charge is -2.45.